The van der Waals surface area contributed by atoms with Gasteiger partial charge in [0.25, 0.3) is 0 Å². The first-order valence-corrected chi connectivity index (χ1v) is 8.41. The Bertz CT molecular complexity index is 639. The second-order valence-corrected chi connectivity index (χ2v) is 5.84. The van der Waals surface area contributed by atoms with Gasteiger partial charge in [-0.1, -0.05) is 18.2 Å². The minimum absolute atomic E-state index is 0.123. The molecular formula is C17H22N2O8. The maximum Gasteiger partial charge on any atom is 0.409 e. The van der Waals surface area contributed by atoms with Gasteiger partial charge in [0.2, 0.25) is 6.04 Å². The summed E-state index contributed by atoms with van der Waals surface area (Å²) in [5.74, 6) is -1.07. The number of methoxy groups -OCH3 is 1. The first-order valence-electron chi connectivity index (χ1n) is 8.41. The number of esters is 1. The smallest absolute Gasteiger partial charge is 0.409 e. The van der Waals surface area contributed by atoms with E-state index in [1.54, 1.807) is 0 Å². The molecule has 10 heteroatoms. The van der Waals surface area contributed by atoms with Gasteiger partial charge in [-0.2, -0.15) is 0 Å². The number of benzene rings is 1. The van der Waals surface area contributed by atoms with E-state index < -0.39 is 28.9 Å². The summed E-state index contributed by atoms with van der Waals surface area (Å²) in [4.78, 5) is 35.2. The lowest BCUT2D eigenvalue weighted by atomic mass is 10.1. The molecule has 27 heavy (non-hydrogen) atoms. The molecular weight excluding hydrogens is 360 g/mol. The molecule has 1 saturated heterocycles. The lowest BCUT2D eigenvalue weighted by Crippen LogP contribution is -2.34. The minimum Gasteiger partial charge on any atom is -0.494 e. The molecule has 0 aromatic heterocycles. The summed E-state index contributed by atoms with van der Waals surface area (Å²) in [7, 11) is 1.17. The van der Waals surface area contributed by atoms with E-state index in [0.717, 1.165) is 10.6 Å². The lowest BCUT2D eigenvalue weighted by molar-refractivity contribution is -0.523. The highest BCUT2D eigenvalue weighted by molar-refractivity contribution is 5.76. The van der Waals surface area contributed by atoms with Crippen LogP contribution in [0.15, 0.2) is 30.3 Å². The Morgan fingerprint density at radius 3 is 2.63 bits per heavy atom. The monoisotopic (exact) mass is 382 g/mol. The van der Waals surface area contributed by atoms with E-state index in [9.17, 15) is 19.7 Å². The van der Waals surface area contributed by atoms with Crippen LogP contribution < -0.4 is 4.74 Å². The average molecular weight is 382 g/mol. The summed E-state index contributed by atoms with van der Waals surface area (Å²) >= 11 is 0. The van der Waals surface area contributed by atoms with Gasteiger partial charge in [0.1, 0.15) is 11.7 Å². The van der Waals surface area contributed by atoms with Crippen molar-refractivity contribution in [2.75, 3.05) is 40.2 Å². The largest absolute Gasteiger partial charge is 0.494 e. The summed E-state index contributed by atoms with van der Waals surface area (Å²) in [5, 5.41) is 11.1. The van der Waals surface area contributed by atoms with E-state index in [1.807, 2.05) is 30.3 Å². The summed E-state index contributed by atoms with van der Waals surface area (Å²) in [6.07, 6.45) is -0.129. The molecule has 0 aliphatic carbocycles. The van der Waals surface area contributed by atoms with Crippen LogP contribution >= 0.6 is 0 Å². The maximum atomic E-state index is 12.1. The lowest BCUT2D eigenvalue weighted by Gasteiger charge is -2.13. The molecule has 0 spiro atoms. The van der Waals surface area contributed by atoms with Gasteiger partial charge in [-0.15, -0.1) is 0 Å². The molecule has 0 bridgehead atoms. The van der Waals surface area contributed by atoms with E-state index in [2.05, 4.69) is 4.74 Å². The molecule has 0 saturated carbocycles. The molecule has 1 aliphatic heterocycles. The predicted molar refractivity (Wildman–Crippen MR) is 91.7 cm³/mol. The Labute approximate surface area is 156 Å². The van der Waals surface area contributed by atoms with E-state index >= 15 is 0 Å². The van der Waals surface area contributed by atoms with Crippen molar-refractivity contribution >= 4 is 12.1 Å². The Morgan fingerprint density at radius 1 is 1.22 bits per heavy atom. The van der Waals surface area contributed by atoms with Crippen LogP contribution in [0.5, 0.6) is 5.75 Å². The van der Waals surface area contributed by atoms with Gasteiger partial charge in [0.15, 0.2) is 6.79 Å². The van der Waals surface area contributed by atoms with Crippen LogP contribution in [0.4, 0.5) is 4.79 Å². The van der Waals surface area contributed by atoms with Crippen molar-refractivity contribution in [2.45, 2.75) is 12.5 Å². The van der Waals surface area contributed by atoms with E-state index in [4.69, 9.17) is 14.2 Å². The SMILES string of the molecule is COC(=O)N1CC(C(=O)OCOCCCOc2ccccc2)C([N+](=O)[O-])C1. The molecule has 1 aromatic carbocycles. The van der Waals surface area contributed by atoms with Gasteiger partial charge < -0.3 is 23.8 Å². The van der Waals surface area contributed by atoms with Crippen molar-refractivity contribution < 1.29 is 33.5 Å². The van der Waals surface area contributed by atoms with Gasteiger partial charge in [-0.3, -0.25) is 14.9 Å². The quantitative estimate of drug-likeness (QED) is 0.206. The van der Waals surface area contributed by atoms with E-state index in [0.29, 0.717) is 19.6 Å². The van der Waals surface area contributed by atoms with Crippen LogP contribution in [-0.4, -0.2) is 68.1 Å². The van der Waals surface area contributed by atoms with Crippen LogP contribution in [-0.2, 0) is 19.0 Å². The standard InChI is InChI=1S/C17H22N2O8/c1-24-17(21)18-10-14(15(11-18)19(22)23)16(20)27-12-25-8-5-9-26-13-6-3-2-4-7-13/h2-4,6-7,14-15H,5,8-12H2,1H3. The number of nitro groups is 1. The number of hydrogen-bond acceptors (Lipinski definition) is 8. The molecule has 2 rings (SSSR count). The topological polar surface area (TPSA) is 117 Å². The third kappa shape index (κ3) is 6.10. The van der Waals surface area contributed by atoms with Gasteiger partial charge in [0, 0.05) is 17.9 Å². The number of ether oxygens (including phenoxy) is 4. The number of hydrogen-bond donors (Lipinski definition) is 0. The van der Waals surface area contributed by atoms with Crippen LogP contribution in [0.2, 0.25) is 0 Å². The number of carbonyl (C=O) groups is 2. The Hall–Kier alpha value is -2.88. The molecule has 1 aromatic rings. The van der Waals surface area contributed by atoms with Gasteiger partial charge in [-0.05, 0) is 12.1 Å². The van der Waals surface area contributed by atoms with Crippen molar-refractivity contribution in [2.24, 2.45) is 5.92 Å². The van der Waals surface area contributed by atoms with Crippen molar-refractivity contribution in [3.8, 4) is 5.75 Å². The van der Waals surface area contributed by atoms with Crippen molar-refractivity contribution in [3.05, 3.63) is 40.4 Å². The molecule has 1 heterocycles. The van der Waals surface area contributed by atoms with Gasteiger partial charge >= 0.3 is 12.1 Å². The fraction of sp³-hybridized carbons (Fsp3) is 0.529. The molecule has 0 N–H and O–H groups in total. The van der Waals surface area contributed by atoms with Crippen molar-refractivity contribution in [3.63, 3.8) is 0 Å². The molecule has 1 amide bonds. The summed E-state index contributed by atoms with van der Waals surface area (Å²) in [5.41, 5.74) is 0. The van der Waals surface area contributed by atoms with Crippen molar-refractivity contribution in [1.82, 2.24) is 4.90 Å². The third-order valence-electron chi connectivity index (χ3n) is 4.02. The zero-order valence-corrected chi connectivity index (χ0v) is 14.9. The highest BCUT2D eigenvalue weighted by Crippen LogP contribution is 2.21. The van der Waals surface area contributed by atoms with Crippen LogP contribution in [0.3, 0.4) is 0 Å². The number of amides is 1. The minimum atomic E-state index is -1.23. The van der Waals surface area contributed by atoms with Crippen molar-refractivity contribution in [1.29, 1.82) is 0 Å². The highest BCUT2D eigenvalue weighted by Gasteiger charge is 2.48. The normalized spacial score (nSPS) is 18.8. The number of rotatable bonds is 9. The first kappa shape index (κ1) is 20.4. The Morgan fingerprint density at radius 2 is 1.96 bits per heavy atom. The van der Waals surface area contributed by atoms with Gasteiger partial charge in [-0.25, -0.2) is 4.79 Å². The number of para-hydroxylation sites is 1. The first-order chi connectivity index (χ1) is 13.0. The zero-order chi connectivity index (χ0) is 19.6. The fourth-order valence-corrected chi connectivity index (χ4v) is 2.64. The summed E-state index contributed by atoms with van der Waals surface area (Å²) in [6.45, 7) is 0.109. The molecule has 2 unspecified atom stereocenters. The molecule has 148 valence electrons. The second-order valence-electron chi connectivity index (χ2n) is 5.84. The van der Waals surface area contributed by atoms with Crippen LogP contribution in [0.25, 0.3) is 0 Å². The highest BCUT2D eigenvalue weighted by atomic mass is 16.7. The van der Waals surface area contributed by atoms with Gasteiger partial charge in [0.05, 0.1) is 26.9 Å². The number of likely N-dealkylation sites (tertiary alicyclic amines) is 1. The van der Waals surface area contributed by atoms with E-state index in [-0.39, 0.29) is 19.9 Å². The van der Waals surface area contributed by atoms with E-state index in [1.165, 1.54) is 7.11 Å². The number of nitrogens with zero attached hydrogens (tertiary/aromatic N) is 2. The Balaban J connectivity index is 1.65. The second kappa shape index (κ2) is 10.3. The number of carbonyl (C=O) groups excluding carboxylic acids is 2. The zero-order valence-electron chi connectivity index (χ0n) is 14.9. The Kier molecular flexibility index (Phi) is 7.80. The maximum absolute atomic E-state index is 12.1. The molecule has 10 nitrogen and oxygen atoms in total. The predicted octanol–water partition coefficient (Wildman–Crippen LogP) is 1.32. The summed E-state index contributed by atoms with van der Waals surface area (Å²) < 4.78 is 20.2. The molecule has 2 atom stereocenters. The molecule has 0 radical (unpaired) electrons. The van der Waals surface area contributed by atoms with Crippen LogP contribution in [0.1, 0.15) is 6.42 Å². The molecule has 1 fully saturated rings. The van der Waals surface area contributed by atoms with Crippen LogP contribution in [0, 0.1) is 16.0 Å². The third-order valence-corrected chi connectivity index (χ3v) is 4.02. The summed E-state index contributed by atoms with van der Waals surface area (Å²) in [6, 6.07) is 8.08. The fourth-order valence-electron chi connectivity index (χ4n) is 2.64. The average Bonchev–Trinajstić information content (AvgIpc) is 3.13. The molecule has 1 aliphatic rings.